The van der Waals surface area contributed by atoms with E-state index in [1.165, 1.54) is 0 Å². The molecule has 0 atom stereocenters. The van der Waals surface area contributed by atoms with Gasteiger partial charge in [-0.3, -0.25) is 4.79 Å². The zero-order chi connectivity index (χ0) is 24.0. The summed E-state index contributed by atoms with van der Waals surface area (Å²) in [7, 11) is 0. The largest absolute Gasteiger partial charge is 0.349 e. The Kier molecular flexibility index (Phi) is 6.99. The fourth-order valence-corrected chi connectivity index (χ4v) is 4.92. The van der Waals surface area contributed by atoms with E-state index in [2.05, 4.69) is 15.6 Å². The maximum Gasteiger partial charge on any atom is 0.321 e. The Hall–Kier alpha value is -3.78. The molecule has 3 amide bonds. The first-order valence-corrected chi connectivity index (χ1v) is 12.7. The van der Waals surface area contributed by atoms with Crippen LogP contribution in [0, 0.1) is 0 Å². The second-order valence-electron chi connectivity index (χ2n) is 8.54. The number of piperidine rings is 1. The number of nitrogens with one attached hydrogen (secondary N) is 2. The fourth-order valence-electron chi connectivity index (χ4n) is 4.14. The Morgan fingerprint density at radius 3 is 2.43 bits per heavy atom. The van der Waals surface area contributed by atoms with Crippen LogP contribution in [0.3, 0.4) is 0 Å². The van der Waals surface area contributed by atoms with Gasteiger partial charge in [0.2, 0.25) is 0 Å². The van der Waals surface area contributed by atoms with Gasteiger partial charge in [0.1, 0.15) is 5.65 Å². The van der Waals surface area contributed by atoms with Gasteiger partial charge in [0, 0.05) is 53.4 Å². The smallest absolute Gasteiger partial charge is 0.321 e. The van der Waals surface area contributed by atoms with Gasteiger partial charge in [0.05, 0.1) is 5.69 Å². The summed E-state index contributed by atoms with van der Waals surface area (Å²) in [5, 5.41) is 6.04. The molecule has 0 bridgehead atoms. The van der Waals surface area contributed by atoms with Crippen molar-refractivity contribution in [3.8, 4) is 0 Å². The van der Waals surface area contributed by atoms with Gasteiger partial charge in [-0.1, -0.05) is 24.3 Å². The van der Waals surface area contributed by atoms with Crippen molar-refractivity contribution in [2.24, 2.45) is 0 Å². The van der Waals surface area contributed by atoms with Crippen LogP contribution in [0.15, 0.2) is 90.1 Å². The summed E-state index contributed by atoms with van der Waals surface area (Å²) in [6.45, 7) is 1.23. The van der Waals surface area contributed by atoms with Crippen molar-refractivity contribution in [1.29, 1.82) is 0 Å². The van der Waals surface area contributed by atoms with Crippen LogP contribution in [0.5, 0.6) is 0 Å². The van der Waals surface area contributed by atoms with Gasteiger partial charge in [-0.25, -0.2) is 9.78 Å². The quantitative estimate of drug-likeness (QED) is 0.375. The Morgan fingerprint density at radius 1 is 0.943 bits per heavy atom. The molecular formula is C27H27N5O2S. The second kappa shape index (κ2) is 10.7. The first-order chi connectivity index (χ1) is 17.1. The molecule has 2 aromatic heterocycles. The van der Waals surface area contributed by atoms with Gasteiger partial charge in [-0.05, 0) is 61.4 Å². The van der Waals surface area contributed by atoms with Gasteiger partial charge in [-0.15, -0.1) is 11.8 Å². The van der Waals surface area contributed by atoms with Crippen molar-refractivity contribution in [2.75, 3.05) is 18.4 Å². The van der Waals surface area contributed by atoms with Gasteiger partial charge < -0.3 is 19.9 Å². The minimum atomic E-state index is -0.0993. The third-order valence-electron chi connectivity index (χ3n) is 6.06. The molecule has 8 heteroatoms. The van der Waals surface area contributed by atoms with Gasteiger partial charge in [0.15, 0.2) is 0 Å². The molecule has 178 valence electrons. The molecule has 1 saturated heterocycles. The number of nitrogens with zero attached hydrogens (tertiary/aromatic N) is 3. The first kappa shape index (κ1) is 23.0. The first-order valence-electron chi connectivity index (χ1n) is 11.7. The van der Waals surface area contributed by atoms with Crippen molar-refractivity contribution in [3.63, 3.8) is 0 Å². The normalized spacial score (nSPS) is 14.1. The highest BCUT2D eigenvalue weighted by Crippen LogP contribution is 2.23. The topological polar surface area (TPSA) is 78.7 Å². The number of aromatic nitrogens is 2. The summed E-state index contributed by atoms with van der Waals surface area (Å²) < 4.78 is 2.02. The summed E-state index contributed by atoms with van der Waals surface area (Å²) in [6.07, 6.45) is 5.51. The maximum absolute atomic E-state index is 12.7. The molecule has 0 unspecified atom stereocenters. The molecular weight excluding hydrogens is 458 g/mol. The number of likely N-dealkylation sites (tertiary alicyclic amines) is 1. The van der Waals surface area contributed by atoms with Crippen LogP contribution in [0.25, 0.3) is 5.65 Å². The number of anilines is 1. The van der Waals surface area contributed by atoms with Crippen LogP contribution in [0.1, 0.15) is 28.9 Å². The van der Waals surface area contributed by atoms with Gasteiger partial charge >= 0.3 is 6.03 Å². The number of carbonyl (C=O) groups excluding carboxylic acids is 2. The van der Waals surface area contributed by atoms with Crippen LogP contribution in [0.2, 0.25) is 0 Å². The summed E-state index contributed by atoms with van der Waals surface area (Å²) in [5.74, 6) is 0.693. The molecule has 5 rings (SSSR count). The predicted octanol–water partition coefficient (Wildman–Crippen LogP) is 5.05. The number of rotatable bonds is 6. The summed E-state index contributed by atoms with van der Waals surface area (Å²) in [5.41, 5.74) is 3.39. The standard InChI is InChI=1S/C27H27N5O2S/c33-26(29-22-13-16-31(17-14-22)27(34)30-21-6-2-1-3-7-21)20-9-11-24(12-10-20)35-19-23-18-32-15-5-4-8-25(32)28-23/h1-12,15,18,22H,13-14,16-17,19H2,(H,29,33)(H,30,34). The lowest BCUT2D eigenvalue weighted by Crippen LogP contribution is -2.47. The second-order valence-corrected chi connectivity index (χ2v) is 9.59. The molecule has 1 aliphatic rings. The highest BCUT2D eigenvalue weighted by atomic mass is 32.2. The molecule has 0 spiro atoms. The number of imidazole rings is 1. The third kappa shape index (κ3) is 5.84. The van der Waals surface area contributed by atoms with Crippen LogP contribution >= 0.6 is 11.8 Å². The van der Waals surface area contributed by atoms with Crippen molar-refractivity contribution >= 4 is 35.0 Å². The van der Waals surface area contributed by atoms with E-state index < -0.39 is 0 Å². The Morgan fingerprint density at radius 2 is 1.69 bits per heavy atom. The molecule has 2 N–H and O–H groups in total. The van der Waals surface area contributed by atoms with Crippen LogP contribution in [-0.2, 0) is 5.75 Å². The lowest BCUT2D eigenvalue weighted by Gasteiger charge is -2.32. The molecule has 7 nitrogen and oxygen atoms in total. The van der Waals surface area contributed by atoms with E-state index in [1.54, 1.807) is 16.7 Å². The maximum atomic E-state index is 12.7. The Balaban J connectivity index is 1.08. The number of urea groups is 1. The molecule has 4 aromatic rings. The number of hydrogen-bond acceptors (Lipinski definition) is 4. The van der Waals surface area contributed by atoms with Gasteiger partial charge in [0.25, 0.3) is 5.91 Å². The van der Waals surface area contributed by atoms with E-state index in [9.17, 15) is 9.59 Å². The zero-order valence-corrected chi connectivity index (χ0v) is 20.1. The van der Waals surface area contributed by atoms with E-state index in [1.807, 2.05) is 89.6 Å². The highest BCUT2D eigenvalue weighted by molar-refractivity contribution is 7.98. The number of benzene rings is 2. The number of amides is 3. The van der Waals surface area contributed by atoms with Crippen molar-refractivity contribution < 1.29 is 9.59 Å². The summed E-state index contributed by atoms with van der Waals surface area (Å²) in [6, 6.07) is 23.0. The Bertz CT molecular complexity index is 1270. The van der Waals surface area contributed by atoms with Crippen molar-refractivity contribution in [3.05, 3.63) is 96.4 Å². The van der Waals surface area contributed by atoms with E-state index in [0.29, 0.717) is 18.7 Å². The number of para-hydroxylation sites is 1. The molecule has 0 saturated carbocycles. The molecule has 1 fully saturated rings. The summed E-state index contributed by atoms with van der Waals surface area (Å²) in [4.78, 5) is 32.7. The Labute approximate surface area is 208 Å². The zero-order valence-electron chi connectivity index (χ0n) is 19.3. The van der Waals surface area contributed by atoms with Crippen molar-refractivity contribution in [2.45, 2.75) is 29.5 Å². The lowest BCUT2D eigenvalue weighted by atomic mass is 10.0. The van der Waals surface area contributed by atoms with E-state index >= 15 is 0 Å². The molecule has 0 radical (unpaired) electrons. The number of pyridine rings is 1. The van der Waals surface area contributed by atoms with E-state index in [0.717, 1.165) is 40.5 Å². The molecule has 1 aliphatic heterocycles. The van der Waals surface area contributed by atoms with E-state index in [-0.39, 0.29) is 18.0 Å². The third-order valence-corrected chi connectivity index (χ3v) is 7.11. The lowest BCUT2D eigenvalue weighted by molar-refractivity contribution is 0.0919. The van der Waals surface area contributed by atoms with Gasteiger partial charge in [-0.2, -0.15) is 0 Å². The number of carbonyl (C=O) groups is 2. The molecule has 2 aromatic carbocycles. The number of thioether (sulfide) groups is 1. The number of hydrogen-bond donors (Lipinski definition) is 2. The van der Waals surface area contributed by atoms with E-state index in [4.69, 9.17) is 0 Å². The minimum Gasteiger partial charge on any atom is -0.349 e. The molecule has 0 aliphatic carbocycles. The van der Waals surface area contributed by atoms with Crippen LogP contribution < -0.4 is 10.6 Å². The summed E-state index contributed by atoms with van der Waals surface area (Å²) >= 11 is 1.70. The average molecular weight is 486 g/mol. The minimum absolute atomic E-state index is 0.0624. The number of fused-ring (bicyclic) bond motifs is 1. The van der Waals surface area contributed by atoms with Crippen molar-refractivity contribution in [1.82, 2.24) is 19.6 Å². The predicted molar refractivity (Wildman–Crippen MR) is 139 cm³/mol. The van der Waals surface area contributed by atoms with Crippen LogP contribution in [-0.4, -0.2) is 45.4 Å². The average Bonchev–Trinajstić information content (AvgIpc) is 3.32. The molecule has 3 heterocycles. The highest BCUT2D eigenvalue weighted by Gasteiger charge is 2.24. The fraction of sp³-hybridized carbons (Fsp3) is 0.222. The molecule has 35 heavy (non-hydrogen) atoms. The SMILES string of the molecule is O=C(NC1CCN(C(=O)Nc2ccccc2)CC1)c1ccc(SCc2cn3ccccc3n2)cc1. The van der Waals surface area contributed by atoms with Crippen LogP contribution in [0.4, 0.5) is 10.5 Å². The monoisotopic (exact) mass is 485 g/mol.